The van der Waals surface area contributed by atoms with Crippen LogP contribution in [0.2, 0.25) is 0 Å². The van der Waals surface area contributed by atoms with Gasteiger partial charge in [0.1, 0.15) is 17.5 Å². The van der Waals surface area contributed by atoms with Crippen LogP contribution in [0.25, 0.3) is 0 Å². The van der Waals surface area contributed by atoms with Crippen LogP contribution in [0.5, 0.6) is 11.5 Å². The predicted octanol–water partition coefficient (Wildman–Crippen LogP) is 4.41. The summed E-state index contributed by atoms with van der Waals surface area (Å²) in [5.74, 6) is 0.958. The number of amides is 2. The molecule has 32 heavy (non-hydrogen) atoms. The van der Waals surface area contributed by atoms with Crippen LogP contribution in [-0.4, -0.2) is 42.5 Å². The molecule has 0 fully saturated rings. The lowest BCUT2D eigenvalue weighted by atomic mass is 10.1. The molecule has 0 aliphatic carbocycles. The van der Waals surface area contributed by atoms with E-state index in [0.717, 1.165) is 23.1 Å². The smallest absolute Gasteiger partial charge is 0.261 e. The zero-order chi connectivity index (χ0) is 23.7. The molecule has 0 heterocycles. The fourth-order valence-corrected chi connectivity index (χ4v) is 3.36. The minimum absolute atomic E-state index is 0.0390. The molecule has 2 aromatic carbocycles. The number of hydrogen-bond donors (Lipinski definition) is 1. The number of nitrogens with zero attached hydrogens (tertiary/aromatic N) is 1. The average Bonchev–Trinajstić information content (AvgIpc) is 2.79. The highest BCUT2D eigenvalue weighted by molar-refractivity contribution is 5.88. The first kappa shape index (κ1) is 25.2. The molecular weight excluding hydrogens is 404 g/mol. The van der Waals surface area contributed by atoms with Gasteiger partial charge in [-0.1, -0.05) is 32.0 Å². The molecule has 6 heteroatoms. The van der Waals surface area contributed by atoms with Gasteiger partial charge in [-0.3, -0.25) is 9.59 Å². The molecule has 0 bridgehead atoms. The Morgan fingerprint density at radius 2 is 1.75 bits per heavy atom. The van der Waals surface area contributed by atoms with Crippen molar-refractivity contribution in [3.05, 3.63) is 59.2 Å². The molecule has 6 nitrogen and oxygen atoms in total. The molecule has 0 aliphatic heterocycles. The molecule has 174 valence electrons. The summed E-state index contributed by atoms with van der Waals surface area (Å²) >= 11 is 0. The summed E-state index contributed by atoms with van der Waals surface area (Å²) < 4.78 is 11.1. The lowest BCUT2D eigenvalue weighted by Gasteiger charge is -2.31. The minimum atomic E-state index is -0.592. The fourth-order valence-electron chi connectivity index (χ4n) is 3.36. The molecule has 0 saturated heterocycles. The van der Waals surface area contributed by atoms with E-state index in [1.165, 1.54) is 0 Å². The molecule has 0 unspecified atom stereocenters. The van der Waals surface area contributed by atoms with Crippen LogP contribution < -0.4 is 14.8 Å². The summed E-state index contributed by atoms with van der Waals surface area (Å²) in [4.78, 5) is 27.9. The van der Waals surface area contributed by atoms with E-state index in [0.29, 0.717) is 24.5 Å². The zero-order valence-corrected chi connectivity index (χ0v) is 20.1. The van der Waals surface area contributed by atoms with E-state index in [1.807, 2.05) is 77.1 Å². The largest absolute Gasteiger partial charge is 0.497 e. The third kappa shape index (κ3) is 7.01. The number of hydrogen-bond acceptors (Lipinski definition) is 4. The Kier molecular flexibility index (Phi) is 9.57. The quantitative estimate of drug-likeness (QED) is 0.562. The molecular formula is C26H36N2O4. The summed E-state index contributed by atoms with van der Waals surface area (Å²) in [7, 11) is 1.61. The highest BCUT2D eigenvalue weighted by Gasteiger charge is 2.29. The van der Waals surface area contributed by atoms with Gasteiger partial charge < -0.3 is 19.7 Å². The topological polar surface area (TPSA) is 67.9 Å². The molecule has 2 rings (SSSR count). The molecule has 2 atom stereocenters. The van der Waals surface area contributed by atoms with Crippen molar-refractivity contribution in [2.75, 3.05) is 13.7 Å². The maximum Gasteiger partial charge on any atom is 0.261 e. The summed E-state index contributed by atoms with van der Waals surface area (Å²) in [5.41, 5.74) is 3.15. The highest BCUT2D eigenvalue weighted by Crippen LogP contribution is 2.19. The molecule has 0 aliphatic rings. The fraction of sp³-hybridized carbons (Fsp3) is 0.462. The first-order valence-electron chi connectivity index (χ1n) is 11.2. The molecule has 0 aromatic heterocycles. The molecule has 0 radical (unpaired) electrons. The predicted molar refractivity (Wildman–Crippen MR) is 127 cm³/mol. The Hall–Kier alpha value is -3.02. The van der Waals surface area contributed by atoms with Gasteiger partial charge in [0.25, 0.3) is 5.91 Å². The maximum atomic E-state index is 13.3. The van der Waals surface area contributed by atoms with Crippen molar-refractivity contribution in [1.82, 2.24) is 10.2 Å². The molecule has 2 aromatic rings. The van der Waals surface area contributed by atoms with Crippen molar-refractivity contribution in [3.63, 3.8) is 0 Å². The van der Waals surface area contributed by atoms with E-state index >= 15 is 0 Å². The first-order valence-corrected chi connectivity index (χ1v) is 11.2. The number of benzene rings is 2. The van der Waals surface area contributed by atoms with Gasteiger partial charge in [-0.15, -0.1) is 0 Å². The third-order valence-corrected chi connectivity index (χ3v) is 5.71. The summed E-state index contributed by atoms with van der Waals surface area (Å²) in [5, 5.41) is 3.01. The van der Waals surface area contributed by atoms with Crippen LogP contribution in [0.4, 0.5) is 0 Å². The number of carbonyl (C=O) groups excluding carboxylic acids is 2. The van der Waals surface area contributed by atoms with E-state index in [-0.39, 0.29) is 24.5 Å². The first-order chi connectivity index (χ1) is 15.3. The van der Waals surface area contributed by atoms with Gasteiger partial charge >= 0.3 is 0 Å². The normalized spacial score (nSPS) is 12.6. The van der Waals surface area contributed by atoms with Gasteiger partial charge in [0, 0.05) is 12.6 Å². The Bertz CT molecular complexity index is 912. The summed E-state index contributed by atoms with van der Waals surface area (Å²) in [6, 6.07) is 12.7. The summed E-state index contributed by atoms with van der Waals surface area (Å²) in [6.45, 7) is 10.1. The molecule has 2 amide bonds. The second kappa shape index (κ2) is 12.1. The standard InChI is InChI=1S/C26H36N2O4/c1-7-20(5)27-26(30)24(8-2)28(16-21-10-9-11-22(15-21)31-6)25(29)17-32-23-13-12-18(3)19(4)14-23/h9-15,20,24H,7-8,16-17H2,1-6H3,(H,27,30)/t20-,24+/m0/s1. The number of nitrogens with one attached hydrogen (secondary N) is 1. The van der Waals surface area contributed by atoms with Crippen LogP contribution in [0, 0.1) is 13.8 Å². The number of ether oxygens (including phenoxy) is 2. The molecule has 1 N–H and O–H groups in total. The maximum absolute atomic E-state index is 13.3. The lowest BCUT2D eigenvalue weighted by molar-refractivity contribution is -0.143. The van der Waals surface area contributed by atoms with Crippen LogP contribution >= 0.6 is 0 Å². The highest BCUT2D eigenvalue weighted by atomic mass is 16.5. The van der Waals surface area contributed by atoms with Crippen molar-refractivity contribution in [2.45, 2.75) is 66.1 Å². The van der Waals surface area contributed by atoms with Gasteiger partial charge in [-0.25, -0.2) is 0 Å². The Balaban J connectivity index is 2.24. The lowest BCUT2D eigenvalue weighted by Crippen LogP contribution is -2.51. The Morgan fingerprint density at radius 3 is 2.38 bits per heavy atom. The SMILES string of the molecule is CC[C@H](C(=O)N[C@@H](C)CC)N(Cc1cccc(OC)c1)C(=O)COc1ccc(C)c(C)c1. The monoisotopic (exact) mass is 440 g/mol. The van der Waals surface area contributed by atoms with E-state index in [9.17, 15) is 9.59 Å². The van der Waals surface area contributed by atoms with Gasteiger partial charge in [0.15, 0.2) is 6.61 Å². The zero-order valence-electron chi connectivity index (χ0n) is 20.1. The molecule has 0 saturated carbocycles. The number of carbonyl (C=O) groups is 2. The van der Waals surface area contributed by atoms with Crippen molar-refractivity contribution in [1.29, 1.82) is 0 Å². The Morgan fingerprint density at radius 1 is 1.00 bits per heavy atom. The second-order valence-electron chi connectivity index (χ2n) is 8.15. The number of methoxy groups -OCH3 is 1. The van der Waals surface area contributed by atoms with Crippen LogP contribution in [0.1, 0.15) is 50.3 Å². The average molecular weight is 441 g/mol. The van der Waals surface area contributed by atoms with E-state index < -0.39 is 6.04 Å². The van der Waals surface area contributed by atoms with E-state index in [1.54, 1.807) is 12.0 Å². The van der Waals surface area contributed by atoms with Gasteiger partial charge in [-0.05, 0) is 74.6 Å². The van der Waals surface area contributed by atoms with E-state index in [2.05, 4.69) is 5.32 Å². The van der Waals surface area contributed by atoms with Crippen LogP contribution in [-0.2, 0) is 16.1 Å². The van der Waals surface area contributed by atoms with Gasteiger partial charge in [0.2, 0.25) is 5.91 Å². The van der Waals surface area contributed by atoms with E-state index in [4.69, 9.17) is 9.47 Å². The third-order valence-electron chi connectivity index (χ3n) is 5.71. The Labute approximate surface area is 191 Å². The second-order valence-corrected chi connectivity index (χ2v) is 8.15. The number of aryl methyl sites for hydroxylation is 2. The van der Waals surface area contributed by atoms with Crippen molar-refractivity contribution < 1.29 is 19.1 Å². The molecule has 0 spiro atoms. The van der Waals surface area contributed by atoms with Gasteiger partial charge in [0.05, 0.1) is 7.11 Å². The van der Waals surface area contributed by atoms with Crippen molar-refractivity contribution in [3.8, 4) is 11.5 Å². The van der Waals surface area contributed by atoms with Gasteiger partial charge in [-0.2, -0.15) is 0 Å². The minimum Gasteiger partial charge on any atom is -0.497 e. The van der Waals surface area contributed by atoms with Crippen LogP contribution in [0.3, 0.4) is 0 Å². The van der Waals surface area contributed by atoms with Crippen molar-refractivity contribution in [2.24, 2.45) is 0 Å². The van der Waals surface area contributed by atoms with Crippen molar-refractivity contribution >= 4 is 11.8 Å². The van der Waals surface area contributed by atoms with Crippen LogP contribution in [0.15, 0.2) is 42.5 Å². The summed E-state index contributed by atoms with van der Waals surface area (Å²) in [6.07, 6.45) is 1.32. The number of rotatable bonds is 11.